The smallest absolute Gasteiger partial charge is 0.306 e. The van der Waals surface area contributed by atoms with Crippen LogP contribution < -0.4 is 0 Å². The lowest BCUT2D eigenvalue weighted by atomic mass is 10.1. The minimum absolute atomic E-state index is 0.0509. The minimum Gasteiger partial charge on any atom is -0.462 e. The molecule has 0 aromatic carbocycles. The average molecular weight is 865 g/mol. The van der Waals surface area contributed by atoms with E-state index in [0.717, 1.165) is 57.8 Å². The summed E-state index contributed by atoms with van der Waals surface area (Å²) >= 11 is 0. The molecule has 0 fully saturated rings. The highest BCUT2D eigenvalue weighted by atomic mass is 16.6. The normalized spacial score (nSPS) is 12.8. The van der Waals surface area contributed by atoms with Gasteiger partial charge in [0.15, 0.2) is 6.10 Å². The SMILES string of the molecule is CC/C=C\C/C=C\C/C=C\C/C=C\CCC(=O)OC(COCCCCCCCC/C=C\CCCCCCCC)COC(=O)CCCCCCCCC/C=C\CCCCCCCC. The summed E-state index contributed by atoms with van der Waals surface area (Å²) in [6, 6.07) is 0. The van der Waals surface area contributed by atoms with E-state index in [-0.39, 0.29) is 25.2 Å². The van der Waals surface area contributed by atoms with Gasteiger partial charge in [-0.2, -0.15) is 0 Å². The molecule has 0 aliphatic heterocycles. The molecule has 0 bridgehead atoms. The molecule has 0 saturated carbocycles. The third-order valence-electron chi connectivity index (χ3n) is 11.2. The predicted octanol–water partition coefficient (Wildman–Crippen LogP) is 17.9. The molecule has 62 heavy (non-hydrogen) atoms. The fourth-order valence-corrected chi connectivity index (χ4v) is 7.28. The van der Waals surface area contributed by atoms with E-state index in [1.807, 2.05) is 6.08 Å². The lowest BCUT2D eigenvalue weighted by Gasteiger charge is -2.18. The molecule has 0 spiro atoms. The summed E-state index contributed by atoms with van der Waals surface area (Å²) in [6.07, 6.45) is 67.8. The van der Waals surface area contributed by atoms with Crippen LogP contribution in [0, 0.1) is 0 Å². The highest BCUT2D eigenvalue weighted by molar-refractivity contribution is 5.70. The van der Waals surface area contributed by atoms with Crippen LogP contribution in [0.1, 0.15) is 252 Å². The molecule has 1 unspecified atom stereocenters. The summed E-state index contributed by atoms with van der Waals surface area (Å²) in [5.41, 5.74) is 0. The molecule has 0 heterocycles. The van der Waals surface area contributed by atoms with Crippen LogP contribution in [-0.4, -0.2) is 37.9 Å². The van der Waals surface area contributed by atoms with Crippen LogP contribution >= 0.6 is 0 Å². The second-order valence-corrected chi connectivity index (χ2v) is 17.4. The van der Waals surface area contributed by atoms with Gasteiger partial charge in [-0.15, -0.1) is 0 Å². The van der Waals surface area contributed by atoms with Gasteiger partial charge in [0.05, 0.1) is 6.61 Å². The van der Waals surface area contributed by atoms with Crippen molar-refractivity contribution in [1.82, 2.24) is 0 Å². The summed E-state index contributed by atoms with van der Waals surface area (Å²) in [5.74, 6) is -0.495. The van der Waals surface area contributed by atoms with E-state index in [2.05, 4.69) is 87.6 Å². The lowest BCUT2D eigenvalue weighted by molar-refractivity contribution is -0.162. The number of unbranched alkanes of at least 4 members (excludes halogenated alkanes) is 25. The number of allylic oxidation sites excluding steroid dienone is 12. The Morgan fingerprint density at radius 2 is 0.758 bits per heavy atom. The van der Waals surface area contributed by atoms with Gasteiger partial charge in [-0.1, -0.05) is 216 Å². The Balaban J connectivity index is 4.34. The first kappa shape index (κ1) is 59.3. The van der Waals surface area contributed by atoms with E-state index < -0.39 is 6.10 Å². The van der Waals surface area contributed by atoms with Gasteiger partial charge < -0.3 is 14.2 Å². The van der Waals surface area contributed by atoms with Gasteiger partial charge in [0.1, 0.15) is 6.61 Å². The minimum atomic E-state index is -0.580. The molecule has 0 rings (SSSR count). The summed E-state index contributed by atoms with van der Waals surface area (Å²) in [4.78, 5) is 25.4. The summed E-state index contributed by atoms with van der Waals surface area (Å²) in [5, 5.41) is 0. The Bertz CT molecular complexity index is 1110. The Kier molecular flexibility index (Phi) is 50.4. The van der Waals surface area contributed by atoms with Crippen molar-refractivity contribution >= 4 is 11.9 Å². The van der Waals surface area contributed by atoms with Gasteiger partial charge in [0, 0.05) is 19.4 Å². The molecule has 0 aromatic rings. The quantitative estimate of drug-likeness (QED) is 0.0346. The fourth-order valence-electron chi connectivity index (χ4n) is 7.28. The molecule has 1 atom stereocenters. The monoisotopic (exact) mass is 865 g/mol. The van der Waals surface area contributed by atoms with E-state index >= 15 is 0 Å². The van der Waals surface area contributed by atoms with Crippen molar-refractivity contribution in [2.75, 3.05) is 19.8 Å². The van der Waals surface area contributed by atoms with Crippen molar-refractivity contribution in [2.45, 2.75) is 258 Å². The molecule has 0 amide bonds. The van der Waals surface area contributed by atoms with Crippen molar-refractivity contribution in [1.29, 1.82) is 0 Å². The first-order chi connectivity index (χ1) is 30.6. The topological polar surface area (TPSA) is 61.8 Å². The van der Waals surface area contributed by atoms with Crippen LogP contribution in [0.4, 0.5) is 0 Å². The number of hydrogen-bond donors (Lipinski definition) is 0. The van der Waals surface area contributed by atoms with Gasteiger partial charge >= 0.3 is 11.9 Å². The molecule has 358 valence electrons. The van der Waals surface area contributed by atoms with Gasteiger partial charge in [-0.05, 0) is 96.3 Å². The standard InChI is InChI=1S/C57H100O5/c1-4-7-10-13-16-19-22-25-27-29-30-33-35-38-41-44-47-50-56(58)61-54-55(62-57(59)51-48-45-42-39-36-32-24-21-18-15-12-9-6-3)53-60-52-49-46-43-40-37-34-31-28-26-23-20-17-14-11-8-5-2/h9,12,18,21,25-28,32,36,42,45,55H,4-8,10-11,13-17,19-20,22-24,29-31,33-35,37-41,43-44,46-54H2,1-3H3/b12-9-,21-18-,27-25-,28-26-,36-32-,45-42-. The van der Waals surface area contributed by atoms with Crippen LogP contribution in [0.15, 0.2) is 72.9 Å². The first-order valence-electron chi connectivity index (χ1n) is 26.5. The zero-order valence-corrected chi connectivity index (χ0v) is 41.1. The van der Waals surface area contributed by atoms with E-state index in [9.17, 15) is 9.59 Å². The first-order valence-corrected chi connectivity index (χ1v) is 26.5. The van der Waals surface area contributed by atoms with Crippen LogP contribution in [0.5, 0.6) is 0 Å². The Morgan fingerprint density at radius 3 is 1.23 bits per heavy atom. The van der Waals surface area contributed by atoms with E-state index in [1.165, 1.54) is 154 Å². The Morgan fingerprint density at radius 1 is 0.371 bits per heavy atom. The fraction of sp³-hybridized carbons (Fsp3) is 0.754. The molecule has 0 aliphatic carbocycles. The van der Waals surface area contributed by atoms with Crippen LogP contribution in [0.3, 0.4) is 0 Å². The third kappa shape index (κ3) is 50.0. The number of esters is 2. The summed E-state index contributed by atoms with van der Waals surface area (Å²) in [7, 11) is 0. The molecule has 0 N–H and O–H groups in total. The Hall–Kier alpha value is -2.66. The van der Waals surface area contributed by atoms with E-state index in [0.29, 0.717) is 25.9 Å². The maximum atomic E-state index is 12.8. The van der Waals surface area contributed by atoms with Gasteiger partial charge in [0.25, 0.3) is 0 Å². The largest absolute Gasteiger partial charge is 0.462 e. The highest BCUT2D eigenvalue weighted by Gasteiger charge is 2.17. The second-order valence-electron chi connectivity index (χ2n) is 17.4. The van der Waals surface area contributed by atoms with Crippen LogP contribution in [0.25, 0.3) is 0 Å². The lowest BCUT2D eigenvalue weighted by Crippen LogP contribution is -2.30. The van der Waals surface area contributed by atoms with Gasteiger partial charge in [-0.3, -0.25) is 9.59 Å². The zero-order chi connectivity index (χ0) is 44.9. The van der Waals surface area contributed by atoms with Crippen LogP contribution in [0.2, 0.25) is 0 Å². The number of ether oxygens (including phenoxy) is 3. The molecule has 0 radical (unpaired) electrons. The van der Waals surface area contributed by atoms with Crippen molar-refractivity contribution < 1.29 is 23.8 Å². The van der Waals surface area contributed by atoms with Crippen molar-refractivity contribution in [3.05, 3.63) is 72.9 Å². The zero-order valence-electron chi connectivity index (χ0n) is 41.1. The van der Waals surface area contributed by atoms with Gasteiger partial charge in [-0.25, -0.2) is 0 Å². The number of rotatable bonds is 48. The van der Waals surface area contributed by atoms with Gasteiger partial charge in [0.2, 0.25) is 0 Å². The molecule has 0 aromatic heterocycles. The molecule has 0 aliphatic rings. The number of carbonyl (C=O) groups is 2. The molecule has 5 nitrogen and oxygen atoms in total. The van der Waals surface area contributed by atoms with Crippen LogP contribution in [-0.2, 0) is 23.8 Å². The summed E-state index contributed by atoms with van der Waals surface area (Å²) < 4.78 is 17.3. The maximum absolute atomic E-state index is 12.8. The maximum Gasteiger partial charge on any atom is 0.306 e. The third-order valence-corrected chi connectivity index (χ3v) is 11.2. The molecule has 5 heteroatoms. The second kappa shape index (κ2) is 52.7. The van der Waals surface area contributed by atoms with Crippen molar-refractivity contribution in [3.8, 4) is 0 Å². The number of carbonyl (C=O) groups excluding carboxylic acids is 2. The highest BCUT2D eigenvalue weighted by Crippen LogP contribution is 2.14. The number of hydrogen-bond acceptors (Lipinski definition) is 5. The molecular formula is C57H100O5. The average Bonchev–Trinajstić information content (AvgIpc) is 3.27. The van der Waals surface area contributed by atoms with E-state index in [1.54, 1.807) is 0 Å². The molecule has 0 saturated heterocycles. The Labute approximate surface area is 385 Å². The predicted molar refractivity (Wildman–Crippen MR) is 270 cm³/mol. The molecular weight excluding hydrogens is 765 g/mol. The summed E-state index contributed by atoms with van der Waals surface area (Å²) in [6.45, 7) is 7.62. The van der Waals surface area contributed by atoms with Crippen molar-refractivity contribution in [3.63, 3.8) is 0 Å². The van der Waals surface area contributed by atoms with E-state index in [4.69, 9.17) is 14.2 Å². The van der Waals surface area contributed by atoms with Crippen molar-refractivity contribution in [2.24, 2.45) is 0 Å².